The number of hydrogen-bond acceptors (Lipinski definition) is 3. The Morgan fingerprint density at radius 1 is 1.35 bits per heavy atom. The number of nitrogens with one attached hydrogen (secondary N) is 2. The minimum absolute atomic E-state index is 0.805. The lowest BCUT2D eigenvalue weighted by molar-refractivity contribution is 0.799. The molecule has 0 aliphatic rings. The van der Waals surface area contributed by atoms with Gasteiger partial charge in [0, 0.05) is 27.6 Å². The van der Waals surface area contributed by atoms with Crippen molar-refractivity contribution in [2.75, 3.05) is 7.05 Å². The predicted octanol–water partition coefficient (Wildman–Crippen LogP) is 3.01. The summed E-state index contributed by atoms with van der Waals surface area (Å²) < 4.78 is 1.31. The van der Waals surface area contributed by atoms with Crippen LogP contribution in [0.4, 0.5) is 0 Å². The Labute approximate surface area is 104 Å². The minimum Gasteiger partial charge on any atom is -0.347 e. The lowest BCUT2D eigenvalue weighted by atomic mass is 10.1. The van der Waals surface area contributed by atoms with Crippen LogP contribution >= 0.6 is 11.3 Å². The van der Waals surface area contributed by atoms with Gasteiger partial charge >= 0.3 is 0 Å². The van der Waals surface area contributed by atoms with Gasteiger partial charge in [-0.2, -0.15) is 0 Å². The van der Waals surface area contributed by atoms with Crippen LogP contribution in [-0.4, -0.2) is 17.0 Å². The van der Waals surface area contributed by atoms with Gasteiger partial charge in [0.15, 0.2) is 0 Å². The monoisotopic (exact) mass is 243 g/mol. The van der Waals surface area contributed by atoms with E-state index in [4.69, 9.17) is 0 Å². The molecular formula is C13H13N3S. The van der Waals surface area contributed by atoms with Crippen molar-refractivity contribution in [2.45, 2.75) is 6.54 Å². The van der Waals surface area contributed by atoms with E-state index in [0.717, 1.165) is 17.9 Å². The van der Waals surface area contributed by atoms with Crippen molar-refractivity contribution in [3.63, 3.8) is 0 Å². The maximum Gasteiger partial charge on any atom is 0.0940 e. The summed E-state index contributed by atoms with van der Waals surface area (Å²) in [6.07, 6.45) is 1.76. The molecule has 0 atom stereocenters. The van der Waals surface area contributed by atoms with Crippen LogP contribution < -0.4 is 5.32 Å². The average Bonchev–Trinajstić information content (AvgIpc) is 2.95. The zero-order valence-corrected chi connectivity index (χ0v) is 10.3. The van der Waals surface area contributed by atoms with E-state index in [1.165, 1.54) is 15.6 Å². The van der Waals surface area contributed by atoms with Crippen LogP contribution in [0.25, 0.3) is 21.3 Å². The molecule has 17 heavy (non-hydrogen) atoms. The molecular weight excluding hydrogens is 230 g/mol. The third-order valence-corrected chi connectivity index (χ3v) is 3.77. The summed E-state index contributed by atoms with van der Waals surface area (Å²) in [4.78, 5) is 7.63. The number of aromatic nitrogens is 2. The molecule has 0 fully saturated rings. The highest BCUT2D eigenvalue weighted by molar-refractivity contribution is 7.17. The average molecular weight is 243 g/mol. The van der Waals surface area contributed by atoms with Crippen molar-refractivity contribution in [1.29, 1.82) is 0 Å². The Kier molecular flexibility index (Phi) is 2.66. The van der Waals surface area contributed by atoms with Crippen molar-refractivity contribution in [1.82, 2.24) is 15.3 Å². The topological polar surface area (TPSA) is 40.7 Å². The number of thiophene rings is 1. The number of fused-ring (bicyclic) bond motifs is 1. The number of benzene rings is 1. The summed E-state index contributed by atoms with van der Waals surface area (Å²) >= 11 is 1.76. The fourth-order valence-corrected chi connectivity index (χ4v) is 2.97. The molecule has 0 amide bonds. The van der Waals surface area contributed by atoms with E-state index in [9.17, 15) is 0 Å². The molecule has 0 bridgehead atoms. The molecule has 3 nitrogen and oxygen atoms in total. The van der Waals surface area contributed by atoms with Crippen molar-refractivity contribution in [3.05, 3.63) is 41.7 Å². The van der Waals surface area contributed by atoms with E-state index < -0.39 is 0 Å². The lowest BCUT2D eigenvalue weighted by Crippen LogP contribution is -2.06. The van der Waals surface area contributed by atoms with E-state index >= 15 is 0 Å². The molecule has 3 aromatic rings. The maximum atomic E-state index is 4.44. The van der Waals surface area contributed by atoms with E-state index in [0.29, 0.717) is 0 Å². The van der Waals surface area contributed by atoms with Crippen molar-refractivity contribution in [2.24, 2.45) is 0 Å². The van der Waals surface area contributed by atoms with Crippen LogP contribution in [0.2, 0.25) is 0 Å². The lowest BCUT2D eigenvalue weighted by Gasteiger charge is -2.00. The van der Waals surface area contributed by atoms with Gasteiger partial charge in [-0.15, -0.1) is 11.3 Å². The Morgan fingerprint density at radius 3 is 3.12 bits per heavy atom. The Balaban J connectivity index is 2.17. The van der Waals surface area contributed by atoms with Crippen LogP contribution in [0, 0.1) is 0 Å². The van der Waals surface area contributed by atoms with Gasteiger partial charge in [0.05, 0.1) is 17.7 Å². The first-order valence-corrected chi connectivity index (χ1v) is 6.41. The number of H-pyrrole nitrogens is 1. The molecule has 0 aliphatic heterocycles. The fourth-order valence-electron chi connectivity index (χ4n) is 2.03. The van der Waals surface area contributed by atoms with Gasteiger partial charge in [-0.1, -0.05) is 18.2 Å². The molecule has 2 aromatic heterocycles. The highest BCUT2D eigenvalue weighted by atomic mass is 32.1. The van der Waals surface area contributed by atoms with Gasteiger partial charge in [-0.05, 0) is 13.1 Å². The molecule has 0 saturated carbocycles. The standard InChI is InChI=1S/C13H13N3S/c1-14-6-11-13(16-8-15-11)10-7-17-12-5-3-2-4-9(10)12/h2-5,7-8,14H,6H2,1H3,(H,15,16). The van der Waals surface area contributed by atoms with Crippen LogP contribution in [0.1, 0.15) is 5.69 Å². The van der Waals surface area contributed by atoms with Crippen molar-refractivity contribution < 1.29 is 0 Å². The predicted molar refractivity (Wildman–Crippen MR) is 72.2 cm³/mol. The highest BCUT2D eigenvalue weighted by Gasteiger charge is 2.12. The summed E-state index contributed by atoms with van der Waals surface area (Å²) in [5.74, 6) is 0. The summed E-state index contributed by atoms with van der Waals surface area (Å²) in [6.45, 7) is 0.805. The fraction of sp³-hybridized carbons (Fsp3) is 0.154. The van der Waals surface area contributed by atoms with Crippen molar-refractivity contribution in [3.8, 4) is 11.3 Å². The van der Waals surface area contributed by atoms with Gasteiger partial charge in [0.2, 0.25) is 0 Å². The van der Waals surface area contributed by atoms with Crippen molar-refractivity contribution >= 4 is 21.4 Å². The van der Waals surface area contributed by atoms with Crippen LogP contribution in [-0.2, 0) is 6.54 Å². The first kappa shape index (κ1) is 10.5. The molecule has 3 rings (SSSR count). The maximum absolute atomic E-state index is 4.44. The summed E-state index contributed by atoms with van der Waals surface area (Å²) in [5.41, 5.74) is 3.41. The molecule has 86 valence electrons. The third-order valence-electron chi connectivity index (χ3n) is 2.81. The molecule has 0 unspecified atom stereocenters. The Bertz CT molecular complexity index is 639. The summed E-state index contributed by atoms with van der Waals surface area (Å²) in [6, 6.07) is 8.44. The number of rotatable bonds is 3. The number of imidazole rings is 1. The zero-order valence-electron chi connectivity index (χ0n) is 9.53. The second kappa shape index (κ2) is 4.31. The highest BCUT2D eigenvalue weighted by Crippen LogP contribution is 2.33. The molecule has 0 spiro atoms. The van der Waals surface area contributed by atoms with Gasteiger partial charge in [0.1, 0.15) is 0 Å². The van der Waals surface area contributed by atoms with Gasteiger partial charge in [0.25, 0.3) is 0 Å². The second-order valence-corrected chi connectivity index (χ2v) is 4.82. The first-order valence-electron chi connectivity index (χ1n) is 5.53. The zero-order chi connectivity index (χ0) is 11.7. The van der Waals surface area contributed by atoms with Crippen LogP contribution in [0.15, 0.2) is 36.0 Å². The molecule has 4 heteroatoms. The Hall–Kier alpha value is -1.65. The quantitative estimate of drug-likeness (QED) is 0.742. The molecule has 1 aromatic carbocycles. The van der Waals surface area contributed by atoms with E-state index in [1.54, 1.807) is 17.7 Å². The van der Waals surface area contributed by atoms with E-state index in [2.05, 4.69) is 44.9 Å². The number of aromatic amines is 1. The van der Waals surface area contributed by atoms with E-state index in [1.807, 2.05) is 7.05 Å². The second-order valence-electron chi connectivity index (χ2n) is 3.91. The first-order chi connectivity index (χ1) is 8.40. The number of nitrogens with zero attached hydrogens (tertiary/aromatic N) is 1. The van der Waals surface area contributed by atoms with Crippen LogP contribution in [0.5, 0.6) is 0 Å². The molecule has 2 heterocycles. The van der Waals surface area contributed by atoms with Gasteiger partial charge < -0.3 is 10.3 Å². The SMILES string of the molecule is CNCc1[nH]cnc1-c1csc2ccccc12. The van der Waals surface area contributed by atoms with Gasteiger partial charge in [-0.3, -0.25) is 0 Å². The summed E-state index contributed by atoms with van der Waals surface area (Å²) in [7, 11) is 1.94. The third kappa shape index (κ3) is 1.75. The van der Waals surface area contributed by atoms with Crippen LogP contribution in [0.3, 0.4) is 0 Å². The molecule has 0 aliphatic carbocycles. The Morgan fingerprint density at radius 2 is 2.24 bits per heavy atom. The molecule has 0 radical (unpaired) electrons. The molecule has 0 saturated heterocycles. The number of hydrogen-bond donors (Lipinski definition) is 2. The van der Waals surface area contributed by atoms with Gasteiger partial charge in [-0.25, -0.2) is 4.98 Å². The van der Waals surface area contributed by atoms with E-state index in [-0.39, 0.29) is 0 Å². The minimum atomic E-state index is 0.805. The molecule has 2 N–H and O–H groups in total. The summed E-state index contributed by atoms with van der Waals surface area (Å²) in [5, 5.41) is 6.61. The smallest absolute Gasteiger partial charge is 0.0940 e. The normalized spacial score (nSPS) is 11.1. The largest absolute Gasteiger partial charge is 0.347 e.